The van der Waals surface area contributed by atoms with Gasteiger partial charge in [-0.2, -0.15) is 0 Å². The van der Waals surface area contributed by atoms with Crippen molar-refractivity contribution in [3.8, 4) is 0 Å². The highest BCUT2D eigenvalue weighted by molar-refractivity contribution is 5.42. The first kappa shape index (κ1) is 13.4. The van der Waals surface area contributed by atoms with Gasteiger partial charge in [-0.3, -0.25) is 4.90 Å². The van der Waals surface area contributed by atoms with Gasteiger partial charge in [0.1, 0.15) is 0 Å². The number of hydrogen-bond acceptors (Lipinski definition) is 3. The smallest absolute Gasteiger partial charge is 0.0589 e. The molecule has 2 rings (SSSR count). The van der Waals surface area contributed by atoms with E-state index in [-0.39, 0.29) is 0 Å². The Balaban J connectivity index is 1.79. The number of benzene rings is 1. The molecule has 0 amide bonds. The highest BCUT2D eigenvalue weighted by Gasteiger charge is 2.31. The standard InChI is InChI=1S/C15H24N2O/c1-13(12-16-14-6-4-3-5-7-14)17(10-11-18-2)15-8-9-15/h3-7,13,15-16H,8-12H2,1-2H3. The van der Waals surface area contributed by atoms with Gasteiger partial charge >= 0.3 is 0 Å². The first-order valence-electron chi connectivity index (χ1n) is 6.85. The van der Waals surface area contributed by atoms with Gasteiger partial charge in [0, 0.05) is 38.0 Å². The van der Waals surface area contributed by atoms with Crippen molar-refractivity contribution in [3.05, 3.63) is 30.3 Å². The lowest BCUT2D eigenvalue weighted by Gasteiger charge is -2.29. The normalized spacial score (nSPS) is 16.8. The maximum absolute atomic E-state index is 5.20. The van der Waals surface area contributed by atoms with E-state index in [2.05, 4.69) is 41.4 Å². The van der Waals surface area contributed by atoms with Gasteiger partial charge in [0.2, 0.25) is 0 Å². The van der Waals surface area contributed by atoms with Crippen LogP contribution in [0.25, 0.3) is 0 Å². The van der Waals surface area contributed by atoms with Crippen molar-refractivity contribution in [2.24, 2.45) is 0 Å². The molecule has 3 heteroatoms. The lowest BCUT2D eigenvalue weighted by molar-refractivity contribution is 0.122. The molecule has 1 aromatic rings. The van der Waals surface area contributed by atoms with E-state index in [1.165, 1.54) is 18.5 Å². The summed E-state index contributed by atoms with van der Waals surface area (Å²) in [5.41, 5.74) is 1.20. The number of nitrogens with one attached hydrogen (secondary N) is 1. The average Bonchev–Trinajstić information content (AvgIpc) is 3.22. The predicted molar refractivity (Wildman–Crippen MR) is 76.0 cm³/mol. The summed E-state index contributed by atoms with van der Waals surface area (Å²) in [5, 5.41) is 3.50. The van der Waals surface area contributed by atoms with Crippen molar-refractivity contribution < 1.29 is 4.74 Å². The summed E-state index contributed by atoms with van der Waals surface area (Å²) in [6.45, 7) is 5.15. The highest BCUT2D eigenvalue weighted by atomic mass is 16.5. The minimum absolute atomic E-state index is 0.549. The van der Waals surface area contributed by atoms with Crippen LogP contribution in [0.2, 0.25) is 0 Å². The molecule has 1 N–H and O–H groups in total. The van der Waals surface area contributed by atoms with Crippen LogP contribution in [-0.2, 0) is 4.74 Å². The Morgan fingerprint density at radius 3 is 2.67 bits per heavy atom. The molecule has 0 aliphatic heterocycles. The van der Waals surface area contributed by atoms with Crippen LogP contribution in [0.5, 0.6) is 0 Å². The molecular formula is C15H24N2O. The predicted octanol–water partition coefficient (Wildman–Crippen LogP) is 2.60. The lowest BCUT2D eigenvalue weighted by atomic mass is 10.2. The van der Waals surface area contributed by atoms with Crippen molar-refractivity contribution in [2.75, 3.05) is 32.1 Å². The Hall–Kier alpha value is -1.06. The molecule has 1 saturated carbocycles. The molecule has 18 heavy (non-hydrogen) atoms. The summed E-state index contributed by atoms with van der Waals surface area (Å²) < 4.78 is 5.20. The Bertz CT molecular complexity index is 338. The fourth-order valence-corrected chi connectivity index (χ4v) is 2.30. The highest BCUT2D eigenvalue weighted by Crippen LogP contribution is 2.28. The van der Waals surface area contributed by atoms with Gasteiger partial charge in [0.15, 0.2) is 0 Å². The second-order valence-corrected chi connectivity index (χ2v) is 5.06. The van der Waals surface area contributed by atoms with Crippen molar-refractivity contribution in [3.63, 3.8) is 0 Å². The molecule has 100 valence electrons. The van der Waals surface area contributed by atoms with Crippen LogP contribution in [-0.4, -0.2) is 43.8 Å². The molecule has 3 nitrogen and oxygen atoms in total. The van der Waals surface area contributed by atoms with Gasteiger partial charge in [0.05, 0.1) is 6.61 Å². The minimum atomic E-state index is 0.549. The van der Waals surface area contributed by atoms with Gasteiger partial charge in [-0.25, -0.2) is 0 Å². The van der Waals surface area contributed by atoms with Crippen molar-refractivity contribution >= 4 is 5.69 Å². The monoisotopic (exact) mass is 248 g/mol. The zero-order valence-corrected chi connectivity index (χ0v) is 11.4. The first-order valence-corrected chi connectivity index (χ1v) is 6.85. The largest absolute Gasteiger partial charge is 0.383 e. The zero-order chi connectivity index (χ0) is 12.8. The molecule has 1 unspecified atom stereocenters. The van der Waals surface area contributed by atoms with E-state index in [1.54, 1.807) is 7.11 Å². The van der Waals surface area contributed by atoms with Crippen molar-refractivity contribution in [2.45, 2.75) is 31.8 Å². The molecule has 1 aromatic carbocycles. The molecule has 0 bridgehead atoms. The summed E-state index contributed by atoms with van der Waals surface area (Å²) in [4.78, 5) is 2.57. The maximum Gasteiger partial charge on any atom is 0.0589 e. The maximum atomic E-state index is 5.20. The number of anilines is 1. The Morgan fingerprint density at radius 1 is 1.33 bits per heavy atom. The second kappa shape index (κ2) is 6.76. The quantitative estimate of drug-likeness (QED) is 0.765. The molecule has 1 aliphatic rings. The fourth-order valence-electron chi connectivity index (χ4n) is 2.30. The van der Waals surface area contributed by atoms with E-state index >= 15 is 0 Å². The van der Waals surface area contributed by atoms with Crippen molar-refractivity contribution in [1.29, 1.82) is 0 Å². The van der Waals surface area contributed by atoms with Crippen LogP contribution >= 0.6 is 0 Å². The number of rotatable bonds is 8. The number of nitrogens with zero attached hydrogens (tertiary/aromatic N) is 1. The van der Waals surface area contributed by atoms with E-state index in [0.717, 1.165) is 25.7 Å². The third kappa shape index (κ3) is 4.00. The minimum Gasteiger partial charge on any atom is -0.383 e. The molecule has 1 aliphatic carbocycles. The summed E-state index contributed by atoms with van der Waals surface area (Å²) >= 11 is 0. The van der Waals surface area contributed by atoms with Crippen LogP contribution in [0.4, 0.5) is 5.69 Å². The fraction of sp³-hybridized carbons (Fsp3) is 0.600. The summed E-state index contributed by atoms with van der Waals surface area (Å²) in [6, 6.07) is 11.7. The van der Waals surface area contributed by atoms with E-state index < -0.39 is 0 Å². The Labute approximate surface area is 110 Å². The van der Waals surface area contributed by atoms with Gasteiger partial charge in [-0.05, 0) is 31.9 Å². The molecule has 0 heterocycles. The lowest BCUT2D eigenvalue weighted by Crippen LogP contribution is -2.41. The Kier molecular flexibility index (Phi) is 5.02. The van der Waals surface area contributed by atoms with Crippen LogP contribution in [0.3, 0.4) is 0 Å². The summed E-state index contributed by atoms with van der Waals surface area (Å²) in [6.07, 6.45) is 2.69. The molecular weight excluding hydrogens is 224 g/mol. The van der Waals surface area contributed by atoms with E-state index in [9.17, 15) is 0 Å². The number of ether oxygens (including phenoxy) is 1. The van der Waals surface area contributed by atoms with E-state index in [1.807, 2.05) is 6.07 Å². The van der Waals surface area contributed by atoms with Crippen LogP contribution in [0.15, 0.2) is 30.3 Å². The molecule has 0 radical (unpaired) electrons. The van der Waals surface area contributed by atoms with E-state index in [4.69, 9.17) is 4.74 Å². The van der Waals surface area contributed by atoms with Crippen LogP contribution in [0, 0.1) is 0 Å². The first-order chi connectivity index (χ1) is 8.81. The second-order valence-electron chi connectivity index (χ2n) is 5.06. The SMILES string of the molecule is COCCN(C(C)CNc1ccccc1)C1CC1. The third-order valence-electron chi connectivity index (χ3n) is 3.51. The van der Waals surface area contributed by atoms with Gasteiger partial charge < -0.3 is 10.1 Å². The summed E-state index contributed by atoms with van der Waals surface area (Å²) in [7, 11) is 1.78. The topological polar surface area (TPSA) is 24.5 Å². The van der Waals surface area contributed by atoms with Crippen LogP contribution < -0.4 is 5.32 Å². The van der Waals surface area contributed by atoms with Gasteiger partial charge in [-0.15, -0.1) is 0 Å². The molecule has 0 spiro atoms. The van der Waals surface area contributed by atoms with Crippen molar-refractivity contribution in [1.82, 2.24) is 4.90 Å². The molecule has 1 atom stereocenters. The van der Waals surface area contributed by atoms with Crippen LogP contribution in [0.1, 0.15) is 19.8 Å². The Morgan fingerprint density at radius 2 is 2.06 bits per heavy atom. The molecule has 0 aromatic heterocycles. The molecule has 1 fully saturated rings. The third-order valence-corrected chi connectivity index (χ3v) is 3.51. The van der Waals surface area contributed by atoms with E-state index in [0.29, 0.717) is 6.04 Å². The zero-order valence-electron chi connectivity index (χ0n) is 11.4. The van der Waals surface area contributed by atoms with Gasteiger partial charge in [0.25, 0.3) is 0 Å². The number of para-hydroxylation sites is 1. The van der Waals surface area contributed by atoms with Gasteiger partial charge in [-0.1, -0.05) is 18.2 Å². The number of methoxy groups -OCH3 is 1. The number of hydrogen-bond donors (Lipinski definition) is 1. The summed E-state index contributed by atoms with van der Waals surface area (Å²) in [5.74, 6) is 0. The average molecular weight is 248 g/mol. The molecule has 0 saturated heterocycles.